The summed E-state index contributed by atoms with van der Waals surface area (Å²) in [5.74, 6) is -0.803. The highest BCUT2D eigenvalue weighted by atomic mass is 35.5. The number of ether oxygens (including phenoxy) is 1. The van der Waals surface area contributed by atoms with Crippen LogP contribution in [-0.4, -0.2) is 36.2 Å². The molecule has 2 aromatic carbocycles. The number of carbonyl (C=O) groups is 2. The van der Waals surface area contributed by atoms with Crippen LogP contribution in [0.1, 0.15) is 30.5 Å². The summed E-state index contributed by atoms with van der Waals surface area (Å²) in [7, 11) is 0. The summed E-state index contributed by atoms with van der Waals surface area (Å²) in [6.07, 6.45) is -5.73. The number of hydrogen-bond acceptors (Lipinski definition) is 4. The van der Waals surface area contributed by atoms with Crippen molar-refractivity contribution in [1.82, 2.24) is 10.6 Å². The van der Waals surface area contributed by atoms with Gasteiger partial charge < -0.3 is 20.5 Å². The number of rotatable bonds is 9. The van der Waals surface area contributed by atoms with Gasteiger partial charge in [0.05, 0.1) is 18.0 Å². The van der Waals surface area contributed by atoms with Gasteiger partial charge in [0.1, 0.15) is 18.5 Å². The van der Waals surface area contributed by atoms with Crippen LogP contribution in [0.4, 0.5) is 13.2 Å². The zero-order valence-electron chi connectivity index (χ0n) is 16.6. The first kappa shape index (κ1) is 24.5. The summed E-state index contributed by atoms with van der Waals surface area (Å²) >= 11 is 5.86. The minimum absolute atomic E-state index is 0.0475. The smallest absolute Gasteiger partial charge is 0.416 e. The van der Waals surface area contributed by atoms with Gasteiger partial charge in [-0.3, -0.25) is 9.59 Å². The molecule has 0 aliphatic carbocycles. The van der Waals surface area contributed by atoms with Gasteiger partial charge in [0.25, 0.3) is 0 Å². The van der Waals surface area contributed by atoms with E-state index in [9.17, 15) is 27.9 Å². The van der Waals surface area contributed by atoms with Crippen LogP contribution in [0.2, 0.25) is 5.02 Å². The van der Waals surface area contributed by atoms with E-state index in [-0.39, 0.29) is 31.2 Å². The number of nitrogens with one attached hydrogen (secondary N) is 2. The van der Waals surface area contributed by atoms with Gasteiger partial charge in [0, 0.05) is 18.5 Å². The molecule has 31 heavy (non-hydrogen) atoms. The first-order valence-corrected chi connectivity index (χ1v) is 9.70. The number of alkyl halides is 3. The Morgan fingerprint density at radius 2 is 1.84 bits per heavy atom. The second-order valence-electron chi connectivity index (χ2n) is 6.80. The molecule has 0 aromatic heterocycles. The van der Waals surface area contributed by atoms with Gasteiger partial charge in [-0.2, -0.15) is 13.2 Å². The zero-order valence-corrected chi connectivity index (χ0v) is 17.3. The molecule has 0 fully saturated rings. The van der Waals surface area contributed by atoms with Crippen LogP contribution in [0, 0.1) is 0 Å². The number of carbonyl (C=O) groups excluding carboxylic acids is 2. The molecule has 2 aromatic rings. The predicted octanol–water partition coefficient (Wildman–Crippen LogP) is 3.48. The number of halogens is 4. The van der Waals surface area contributed by atoms with E-state index < -0.39 is 29.8 Å². The van der Waals surface area contributed by atoms with Crippen LogP contribution in [0.5, 0.6) is 5.75 Å². The highest BCUT2D eigenvalue weighted by molar-refractivity contribution is 6.30. The number of aliphatic hydroxyl groups excluding tert-OH is 1. The molecule has 6 nitrogen and oxygen atoms in total. The second-order valence-corrected chi connectivity index (χ2v) is 7.24. The molecule has 0 heterocycles. The molecule has 3 N–H and O–H groups in total. The maximum absolute atomic E-state index is 12.7. The summed E-state index contributed by atoms with van der Waals surface area (Å²) in [6.45, 7) is 0.842. The Morgan fingerprint density at radius 3 is 2.45 bits per heavy atom. The van der Waals surface area contributed by atoms with E-state index in [1.165, 1.54) is 19.1 Å². The molecule has 0 saturated carbocycles. The number of aliphatic hydroxyl groups is 1. The lowest BCUT2D eigenvalue weighted by Crippen LogP contribution is -2.38. The van der Waals surface area contributed by atoms with Crippen LogP contribution < -0.4 is 15.4 Å². The average molecular weight is 459 g/mol. The molecule has 0 radical (unpaired) electrons. The summed E-state index contributed by atoms with van der Waals surface area (Å²) in [4.78, 5) is 23.7. The van der Waals surface area contributed by atoms with Crippen LogP contribution in [0.25, 0.3) is 0 Å². The van der Waals surface area contributed by atoms with Crippen LogP contribution in [0.3, 0.4) is 0 Å². The van der Waals surface area contributed by atoms with Gasteiger partial charge in [0.15, 0.2) is 0 Å². The average Bonchev–Trinajstić information content (AvgIpc) is 2.70. The van der Waals surface area contributed by atoms with E-state index in [2.05, 4.69) is 10.6 Å². The lowest BCUT2D eigenvalue weighted by molar-refractivity contribution is -0.137. The lowest BCUT2D eigenvalue weighted by Gasteiger charge is -2.19. The standard InChI is InChI=1S/C21H22ClF3N2O4/c1-13(28)27-19(14-5-7-16(22)8-6-14)10-20(30)26-11-17(29)12-31-18-4-2-3-15(9-18)21(23,24)25/h2-9,17,19,29H,10-12H2,1H3,(H,26,30)(H,27,28). The molecule has 168 valence electrons. The van der Waals surface area contributed by atoms with Crippen molar-refractivity contribution in [3.63, 3.8) is 0 Å². The molecule has 0 saturated heterocycles. The minimum atomic E-state index is -4.50. The third-order valence-electron chi connectivity index (χ3n) is 4.18. The SMILES string of the molecule is CC(=O)NC(CC(=O)NCC(O)COc1cccc(C(F)(F)F)c1)c1ccc(Cl)cc1. The Bertz CT molecular complexity index is 891. The lowest BCUT2D eigenvalue weighted by atomic mass is 10.0. The quantitative estimate of drug-likeness (QED) is 0.537. The minimum Gasteiger partial charge on any atom is -0.491 e. The van der Waals surface area contributed by atoms with Gasteiger partial charge in [-0.05, 0) is 35.9 Å². The fourth-order valence-corrected chi connectivity index (χ4v) is 2.82. The molecule has 0 bridgehead atoms. The van der Waals surface area contributed by atoms with Crippen molar-refractivity contribution in [2.75, 3.05) is 13.2 Å². The third kappa shape index (κ3) is 8.47. The van der Waals surface area contributed by atoms with Crippen molar-refractivity contribution in [3.8, 4) is 5.75 Å². The molecule has 2 unspecified atom stereocenters. The van der Waals surface area contributed by atoms with E-state index in [4.69, 9.17) is 16.3 Å². The van der Waals surface area contributed by atoms with Gasteiger partial charge in [-0.15, -0.1) is 0 Å². The topological polar surface area (TPSA) is 87.7 Å². The Balaban J connectivity index is 1.85. The van der Waals surface area contributed by atoms with E-state index in [1.807, 2.05) is 0 Å². The first-order chi connectivity index (χ1) is 14.5. The summed E-state index contributed by atoms with van der Waals surface area (Å²) in [5, 5.41) is 15.7. The highest BCUT2D eigenvalue weighted by Gasteiger charge is 2.30. The zero-order chi connectivity index (χ0) is 23.0. The molecule has 2 rings (SSSR count). The molecule has 0 aliphatic heterocycles. The van der Waals surface area contributed by atoms with Gasteiger partial charge in [-0.1, -0.05) is 29.8 Å². The van der Waals surface area contributed by atoms with Gasteiger partial charge in [-0.25, -0.2) is 0 Å². The summed E-state index contributed by atoms with van der Waals surface area (Å²) < 4.78 is 43.3. The van der Waals surface area contributed by atoms with Crippen molar-refractivity contribution in [1.29, 1.82) is 0 Å². The Kier molecular flexibility index (Phi) is 8.70. The third-order valence-corrected chi connectivity index (χ3v) is 4.43. The number of hydrogen-bond donors (Lipinski definition) is 3. The van der Waals surface area contributed by atoms with Crippen LogP contribution >= 0.6 is 11.6 Å². The largest absolute Gasteiger partial charge is 0.491 e. The predicted molar refractivity (Wildman–Crippen MR) is 109 cm³/mol. The van der Waals surface area contributed by atoms with Gasteiger partial charge in [0.2, 0.25) is 11.8 Å². The Hall–Kier alpha value is -2.78. The van der Waals surface area contributed by atoms with E-state index >= 15 is 0 Å². The fourth-order valence-electron chi connectivity index (χ4n) is 2.70. The van der Waals surface area contributed by atoms with E-state index in [1.54, 1.807) is 24.3 Å². The summed E-state index contributed by atoms with van der Waals surface area (Å²) in [6, 6.07) is 10.3. The van der Waals surface area contributed by atoms with E-state index in [0.29, 0.717) is 10.6 Å². The van der Waals surface area contributed by atoms with Gasteiger partial charge >= 0.3 is 6.18 Å². The fraction of sp³-hybridized carbons (Fsp3) is 0.333. The van der Waals surface area contributed by atoms with E-state index in [0.717, 1.165) is 12.1 Å². The monoisotopic (exact) mass is 458 g/mol. The Morgan fingerprint density at radius 1 is 1.16 bits per heavy atom. The molecule has 0 aliphatic rings. The van der Waals surface area contributed by atoms with Crippen molar-refractivity contribution >= 4 is 23.4 Å². The number of benzene rings is 2. The molecule has 10 heteroatoms. The van der Waals surface area contributed by atoms with Crippen molar-refractivity contribution in [2.45, 2.75) is 31.7 Å². The Labute approximate surface area is 182 Å². The van der Waals surface area contributed by atoms with Crippen LogP contribution in [0.15, 0.2) is 48.5 Å². The van der Waals surface area contributed by atoms with Crippen molar-refractivity contribution in [2.24, 2.45) is 0 Å². The molecular formula is C21H22ClF3N2O4. The highest BCUT2D eigenvalue weighted by Crippen LogP contribution is 2.31. The molecule has 2 atom stereocenters. The van der Waals surface area contributed by atoms with Crippen LogP contribution in [-0.2, 0) is 15.8 Å². The maximum Gasteiger partial charge on any atom is 0.416 e. The van der Waals surface area contributed by atoms with Crippen molar-refractivity contribution < 1.29 is 32.6 Å². The maximum atomic E-state index is 12.7. The summed E-state index contributed by atoms with van der Waals surface area (Å²) in [5.41, 5.74) is -0.179. The second kappa shape index (κ2) is 11.0. The molecule has 0 spiro atoms. The normalized spacial score (nSPS) is 13.2. The number of amides is 2. The molecular weight excluding hydrogens is 437 g/mol. The van der Waals surface area contributed by atoms with Crippen molar-refractivity contribution in [3.05, 3.63) is 64.7 Å². The molecule has 2 amide bonds. The first-order valence-electron chi connectivity index (χ1n) is 9.32.